The lowest BCUT2D eigenvalue weighted by atomic mass is 9.92. The first-order chi connectivity index (χ1) is 15.1. The normalized spacial score (nSPS) is 19.8. The standard InChI is InChI=1S/C24H29N3O4/c28-22(25-16-18-6-2-1-3-7-18)19-10-13-26(14-11-19)23(29)20-8-4-12-27(17-20)24(30)21-9-5-15-31-21/h1-3,5-7,9,15,19-20H,4,8,10-14,16-17H2,(H,25,28). The van der Waals surface area contributed by atoms with E-state index in [-0.39, 0.29) is 29.6 Å². The van der Waals surface area contributed by atoms with Gasteiger partial charge in [-0.3, -0.25) is 14.4 Å². The number of benzene rings is 1. The van der Waals surface area contributed by atoms with Gasteiger partial charge in [-0.15, -0.1) is 0 Å². The van der Waals surface area contributed by atoms with Gasteiger partial charge in [0.2, 0.25) is 11.8 Å². The van der Waals surface area contributed by atoms with E-state index in [9.17, 15) is 14.4 Å². The summed E-state index contributed by atoms with van der Waals surface area (Å²) in [5.41, 5.74) is 1.08. The van der Waals surface area contributed by atoms with E-state index in [1.54, 1.807) is 17.0 Å². The van der Waals surface area contributed by atoms with E-state index in [1.807, 2.05) is 35.2 Å². The van der Waals surface area contributed by atoms with Gasteiger partial charge in [-0.1, -0.05) is 30.3 Å². The quantitative estimate of drug-likeness (QED) is 0.802. The largest absolute Gasteiger partial charge is 0.459 e. The number of rotatable bonds is 5. The number of furan rings is 1. The van der Waals surface area contributed by atoms with Gasteiger partial charge < -0.3 is 19.5 Å². The van der Waals surface area contributed by atoms with Crippen molar-refractivity contribution in [2.75, 3.05) is 26.2 Å². The van der Waals surface area contributed by atoms with Crippen LogP contribution < -0.4 is 5.32 Å². The van der Waals surface area contributed by atoms with Crippen LogP contribution in [-0.4, -0.2) is 53.7 Å². The van der Waals surface area contributed by atoms with E-state index < -0.39 is 0 Å². The molecule has 31 heavy (non-hydrogen) atoms. The number of piperidine rings is 2. The third-order valence-corrected chi connectivity index (χ3v) is 6.28. The third-order valence-electron chi connectivity index (χ3n) is 6.28. The van der Waals surface area contributed by atoms with Crippen LogP contribution in [0.2, 0.25) is 0 Å². The summed E-state index contributed by atoms with van der Waals surface area (Å²) in [5.74, 6) is 0.0721. The summed E-state index contributed by atoms with van der Waals surface area (Å²) >= 11 is 0. The molecule has 2 aromatic rings. The zero-order valence-corrected chi connectivity index (χ0v) is 17.7. The molecule has 0 spiro atoms. The van der Waals surface area contributed by atoms with E-state index in [2.05, 4.69) is 5.32 Å². The summed E-state index contributed by atoms with van der Waals surface area (Å²) in [4.78, 5) is 41.7. The van der Waals surface area contributed by atoms with Crippen molar-refractivity contribution in [1.29, 1.82) is 0 Å². The second kappa shape index (κ2) is 9.81. The number of hydrogen-bond donors (Lipinski definition) is 1. The maximum absolute atomic E-state index is 13.1. The molecule has 1 unspecified atom stereocenters. The van der Waals surface area contributed by atoms with Gasteiger partial charge in [-0.25, -0.2) is 0 Å². The fraction of sp³-hybridized carbons (Fsp3) is 0.458. The fourth-order valence-electron chi connectivity index (χ4n) is 4.47. The maximum atomic E-state index is 13.1. The Bertz CT molecular complexity index is 889. The van der Waals surface area contributed by atoms with Crippen LogP contribution in [0.1, 0.15) is 41.8 Å². The molecule has 3 amide bonds. The van der Waals surface area contributed by atoms with E-state index in [0.29, 0.717) is 51.3 Å². The number of hydrogen-bond acceptors (Lipinski definition) is 4. The number of carbonyl (C=O) groups excluding carboxylic acids is 3. The van der Waals surface area contributed by atoms with Gasteiger partial charge in [0.15, 0.2) is 5.76 Å². The molecule has 2 aliphatic heterocycles. The van der Waals surface area contributed by atoms with Crippen molar-refractivity contribution in [2.45, 2.75) is 32.2 Å². The zero-order chi connectivity index (χ0) is 21.6. The zero-order valence-electron chi connectivity index (χ0n) is 17.7. The third kappa shape index (κ3) is 5.16. The van der Waals surface area contributed by atoms with Crippen molar-refractivity contribution in [2.24, 2.45) is 11.8 Å². The van der Waals surface area contributed by atoms with Gasteiger partial charge in [0.25, 0.3) is 5.91 Å². The van der Waals surface area contributed by atoms with E-state index >= 15 is 0 Å². The predicted molar refractivity (Wildman–Crippen MR) is 115 cm³/mol. The molecule has 2 saturated heterocycles. The summed E-state index contributed by atoms with van der Waals surface area (Å²) in [6, 6.07) is 13.2. The molecule has 2 fully saturated rings. The minimum absolute atomic E-state index is 0.0591. The molecule has 7 heteroatoms. The number of nitrogens with zero attached hydrogens (tertiary/aromatic N) is 2. The Morgan fingerprint density at radius 3 is 2.39 bits per heavy atom. The highest BCUT2D eigenvalue weighted by molar-refractivity contribution is 5.92. The molecule has 0 bridgehead atoms. The molecule has 1 aromatic carbocycles. The van der Waals surface area contributed by atoms with Crippen LogP contribution in [0.3, 0.4) is 0 Å². The van der Waals surface area contributed by atoms with Crippen molar-refractivity contribution in [3.05, 3.63) is 60.1 Å². The monoisotopic (exact) mass is 423 g/mol. The molecule has 1 N–H and O–H groups in total. The Morgan fingerprint density at radius 1 is 0.903 bits per heavy atom. The van der Waals surface area contributed by atoms with Crippen LogP contribution in [0, 0.1) is 11.8 Å². The van der Waals surface area contributed by atoms with Gasteiger partial charge in [0, 0.05) is 38.6 Å². The van der Waals surface area contributed by atoms with Crippen molar-refractivity contribution >= 4 is 17.7 Å². The number of carbonyl (C=O) groups is 3. The summed E-state index contributed by atoms with van der Waals surface area (Å²) in [6.45, 7) is 2.78. The highest BCUT2D eigenvalue weighted by Crippen LogP contribution is 2.24. The molecular weight excluding hydrogens is 394 g/mol. The predicted octanol–water partition coefficient (Wildman–Crippen LogP) is 2.69. The Balaban J connectivity index is 1.25. The first-order valence-electron chi connectivity index (χ1n) is 11.0. The Kier molecular flexibility index (Phi) is 6.70. The van der Waals surface area contributed by atoms with Crippen LogP contribution in [0.25, 0.3) is 0 Å². The van der Waals surface area contributed by atoms with Gasteiger partial charge >= 0.3 is 0 Å². The lowest BCUT2D eigenvalue weighted by Crippen LogP contribution is -2.49. The lowest BCUT2D eigenvalue weighted by Gasteiger charge is -2.37. The van der Waals surface area contributed by atoms with Crippen LogP contribution in [0.4, 0.5) is 0 Å². The SMILES string of the molecule is O=C(NCc1ccccc1)C1CCN(C(=O)C2CCCN(C(=O)c3ccco3)C2)CC1. The molecule has 0 radical (unpaired) electrons. The Morgan fingerprint density at radius 2 is 1.68 bits per heavy atom. The van der Waals surface area contributed by atoms with Gasteiger partial charge in [0.05, 0.1) is 12.2 Å². The van der Waals surface area contributed by atoms with Crippen LogP contribution in [0.5, 0.6) is 0 Å². The van der Waals surface area contributed by atoms with Gasteiger partial charge in [0.1, 0.15) is 0 Å². The Labute approximate surface area is 182 Å². The second-order valence-corrected chi connectivity index (χ2v) is 8.37. The van der Waals surface area contributed by atoms with Gasteiger partial charge in [-0.05, 0) is 43.4 Å². The van der Waals surface area contributed by atoms with Crippen molar-refractivity contribution in [3.8, 4) is 0 Å². The molecule has 3 heterocycles. The topological polar surface area (TPSA) is 82.9 Å². The van der Waals surface area contributed by atoms with E-state index in [1.165, 1.54) is 6.26 Å². The van der Waals surface area contributed by atoms with Gasteiger partial charge in [-0.2, -0.15) is 0 Å². The summed E-state index contributed by atoms with van der Waals surface area (Å²) < 4.78 is 5.22. The number of likely N-dealkylation sites (tertiary alicyclic amines) is 2. The van der Waals surface area contributed by atoms with E-state index in [0.717, 1.165) is 18.4 Å². The lowest BCUT2D eigenvalue weighted by molar-refractivity contribution is -0.140. The molecule has 164 valence electrons. The first-order valence-corrected chi connectivity index (χ1v) is 11.0. The van der Waals surface area contributed by atoms with Crippen LogP contribution in [0.15, 0.2) is 53.1 Å². The molecule has 2 aliphatic rings. The number of amides is 3. The minimum Gasteiger partial charge on any atom is -0.459 e. The molecule has 1 atom stereocenters. The molecular formula is C24H29N3O4. The highest BCUT2D eigenvalue weighted by Gasteiger charge is 2.34. The maximum Gasteiger partial charge on any atom is 0.289 e. The van der Waals surface area contributed by atoms with Crippen molar-refractivity contribution in [3.63, 3.8) is 0 Å². The van der Waals surface area contributed by atoms with E-state index in [4.69, 9.17) is 4.42 Å². The number of nitrogens with one attached hydrogen (secondary N) is 1. The van der Waals surface area contributed by atoms with Crippen molar-refractivity contribution < 1.29 is 18.8 Å². The summed E-state index contributed by atoms with van der Waals surface area (Å²) in [5, 5.41) is 3.01. The average molecular weight is 424 g/mol. The minimum atomic E-state index is -0.184. The fourth-order valence-corrected chi connectivity index (χ4v) is 4.47. The molecule has 4 rings (SSSR count). The highest BCUT2D eigenvalue weighted by atomic mass is 16.3. The smallest absolute Gasteiger partial charge is 0.289 e. The molecule has 7 nitrogen and oxygen atoms in total. The Hall–Kier alpha value is -3.09. The van der Waals surface area contributed by atoms with Crippen LogP contribution >= 0.6 is 0 Å². The molecule has 1 aromatic heterocycles. The van der Waals surface area contributed by atoms with Crippen molar-refractivity contribution in [1.82, 2.24) is 15.1 Å². The summed E-state index contributed by atoms with van der Waals surface area (Å²) in [6.07, 6.45) is 4.43. The molecule has 0 saturated carbocycles. The summed E-state index contributed by atoms with van der Waals surface area (Å²) in [7, 11) is 0. The second-order valence-electron chi connectivity index (χ2n) is 8.37. The van der Waals surface area contributed by atoms with Crippen LogP contribution in [-0.2, 0) is 16.1 Å². The molecule has 0 aliphatic carbocycles. The first kappa shape index (κ1) is 21.2. The average Bonchev–Trinajstić information content (AvgIpc) is 3.37.